The van der Waals surface area contributed by atoms with Gasteiger partial charge in [-0.1, -0.05) is 12.1 Å². The summed E-state index contributed by atoms with van der Waals surface area (Å²) in [4.78, 5) is 4.43. The van der Waals surface area contributed by atoms with E-state index in [0.717, 1.165) is 18.7 Å². The molecule has 1 aromatic heterocycles. The van der Waals surface area contributed by atoms with E-state index in [1.165, 1.54) is 19.3 Å². The zero-order valence-electron chi connectivity index (χ0n) is 8.42. The topological polar surface area (TPSA) is 64.9 Å². The molecule has 14 heavy (non-hydrogen) atoms. The minimum Gasteiger partial charge on any atom is -0.337 e. The molecule has 0 aliphatic heterocycles. The van der Waals surface area contributed by atoms with Crippen LogP contribution in [0.5, 0.6) is 0 Å². The van der Waals surface area contributed by atoms with Crippen LogP contribution in [0.3, 0.4) is 0 Å². The number of rotatable bonds is 2. The van der Waals surface area contributed by atoms with Crippen LogP contribution in [0.25, 0.3) is 0 Å². The lowest BCUT2D eigenvalue weighted by molar-refractivity contribution is 0.181. The van der Waals surface area contributed by atoms with Crippen molar-refractivity contribution < 1.29 is 4.52 Å². The summed E-state index contributed by atoms with van der Waals surface area (Å²) in [7, 11) is 0. The molecule has 0 unspecified atom stereocenters. The van der Waals surface area contributed by atoms with Crippen LogP contribution in [0.4, 0.5) is 0 Å². The van der Waals surface area contributed by atoms with Gasteiger partial charge in [0.2, 0.25) is 5.89 Å². The Morgan fingerprint density at radius 2 is 2.00 bits per heavy atom. The second kappa shape index (κ2) is 2.37. The van der Waals surface area contributed by atoms with Crippen LogP contribution >= 0.6 is 0 Å². The smallest absolute Gasteiger partial charge is 0.246 e. The molecule has 3 rings (SSSR count). The second-order valence-electron chi connectivity index (χ2n) is 4.99. The Labute approximate surface area is 82.9 Å². The van der Waals surface area contributed by atoms with E-state index in [4.69, 9.17) is 10.3 Å². The highest BCUT2D eigenvalue weighted by atomic mass is 16.5. The van der Waals surface area contributed by atoms with Gasteiger partial charge in [0.05, 0.1) is 5.54 Å². The summed E-state index contributed by atoms with van der Waals surface area (Å²) in [6.07, 6.45) is 5.47. The van der Waals surface area contributed by atoms with Gasteiger partial charge < -0.3 is 10.3 Å². The molecule has 1 aromatic rings. The molecular weight excluding hydrogens is 178 g/mol. The molecular formula is C10H15N3O. The van der Waals surface area contributed by atoms with E-state index in [0.29, 0.717) is 5.89 Å². The van der Waals surface area contributed by atoms with Crippen molar-refractivity contribution in [1.82, 2.24) is 10.1 Å². The van der Waals surface area contributed by atoms with Gasteiger partial charge in [0, 0.05) is 5.41 Å². The molecule has 4 nitrogen and oxygen atoms in total. The van der Waals surface area contributed by atoms with Crippen LogP contribution < -0.4 is 5.73 Å². The largest absolute Gasteiger partial charge is 0.337 e. The Morgan fingerprint density at radius 1 is 1.29 bits per heavy atom. The third-order valence-electron chi connectivity index (χ3n) is 3.64. The maximum Gasteiger partial charge on any atom is 0.246 e. The molecule has 76 valence electrons. The maximum atomic E-state index is 6.10. The Hall–Kier alpha value is -0.900. The fraction of sp³-hybridized carbons (Fsp3) is 0.800. The average molecular weight is 193 g/mol. The third kappa shape index (κ3) is 1.03. The van der Waals surface area contributed by atoms with Crippen molar-refractivity contribution in [2.24, 2.45) is 5.73 Å². The van der Waals surface area contributed by atoms with Gasteiger partial charge in [-0.25, -0.2) is 0 Å². The molecule has 0 radical (unpaired) electrons. The summed E-state index contributed by atoms with van der Waals surface area (Å²) in [5.74, 6) is 1.50. The summed E-state index contributed by atoms with van der Waals surface area (Å²) in [5, 5.41) is 4.03. The molecule has 1 heterocycles. The van der Waals surface area contributed by atoms with Gasteiger partial charge in [-0.3, -0.25) is 0 Å². The van der Waals surface area contributed by atoms with E-state index in [1.54, 1.807) is 0 Å². The predicted octanol–water partition coefficient (Wildman–Crippen LogP) is 1.46. The number of hydrogen-bond donors (Lipinski definition) is 1. The quantitative estimate of drug-likeness (QED) is 0.772. The number of hydrogen-bond acceptors (Lipinski definition) is 4. The summed E-state index contributed by atoms with van der Waals surface area (Å²) in [5.41, 5.74) is 5.98. The predicted molar refractivity (Wildman–Crippen MR) is 50.6 cm³/mol. The van der Waals surface area contributed by atoms with Crippen LogP contribution in [-0.2, 0) is 11.0 Å². The summed E-state index contributed by atoms with van der Waals surface area (Å²) < 4.78 is 5.25. The molecule has 2 aliphatic rings. The van der Waals surface area contributed by atoms with Crippen molar-refractivity contribution in [2.75, 3.05) is 0 Å². The molecule has 0 bridgehead atoms. The van der Waals surface area contributed by atoms with Crippen molar-refractivity contribution in [3.8, 4) is 0 Å². The van der Waals surface area contributed by atoms with Crippen LogP contribution in [0, 0.1) is 0 Å². The zero-order valence-corrected chi connectivity index (χ0v) is 8.42. The summed E-state index contributed by atoms with van der Waals surface area (Å²) >= 11 is 0. The van der Waals surface area contributed by atoms with Gasteiger partial charge in [-0.2, -0.15) is 4.98 Å². The molecule has 2 aliphatic carbocycles. The summed E-state index contributed by atoms with van der Waals surface area (Å²) in [6, 6.07) is 0. The van der Waals surface area contributed by atoms with Crippen LogP contribution in [0.2, 0.25) is 0 Å². The highest BCUT2D eigenvalue weighted by molar-refractivity contribution is 5.17. The first-order valence-electron chi connectivity index (χ1n) is 5.26. The van der Waals surface area contributed by atoms with E-state index in [-0.39, 0.29) is 11.0 Å². The lowest BCUT2D eigenvalue weighted by Crippen LogP contribution is -2.43. The molecule has 0 spiro atoms. The van der Waals surface area contributed by atoms with E-state index in [1.807, 2.05) is 0 Å². The molecule has 0 saturated heterocycles. The Bertz CT molecular complexity index is 363. The number of nitrogens with zero attached hydrogens (tertiary/aromatic N) is 2. The zero-order chi connectivity index (χ0) is 9.81. The van der Waals surface area contributed by atoms with Crippen molar-refractivity contribution in [2.45, 2.75) is 50.0 Å². The molecule has 0 amide bonds. The van der Waals surface area contributed by atoms with E-state index in [9.17, 15) is 0 Å². The van der Waals surface area contributed by atoms with Crippen molar-refractivity contribution >= 4 is 0 Å². The van der Waals surface area contributed by atoms with E-state index >= 15 is 0 Å². The van der Waals surface area contributed by atoms with Crippen molar-refractivity contribution in [3.05, 3.63) is 11.7 Å². The number of nitrogens with two attached hydrogens (primary N) is 1. The van der Waals surface area contributed by atoms with Gasteiger partial charge >= 0.3 is 0 Å². The first-order chi connectivity index (χ1) is 6.62. The second-order valence-corrected chi connectivity index (χ2v) is 4.99. The highest BCUT2D eigenvalue weighted by Crippen LogP contribution is 2.47. The van der Waals surface area contributed by atoms with Gasteiger partial charge in [0.25, 0.3) is 0 Å². The van der Waals surface area contributed by atoms with Gasteiger partial charge in [-0.05, 0) is 32.1 Å². The van der Waals surface area contributed by atoms with Gasteiger partial charge in [-0.15, -0.1) is 0 Å². The lowest BCUT2D eigenvalue weighted by atomic mass is 9.78. The van der Waals surface area contributed by atoms with E-state index in [2.05, 4.69) is 17.1 Å². The van der Waals surface area contributed by atoms with Gasteiger partial charge in [0.15, 0.2) is 5.82 Å². The molecule has 2 N–H and O–H groups in total. The molecule has 0 aromatic carbocycles. The van der Waals surface area contributed by atoms with Crippen molar-refractivity contribution in [1.29, 1.82) is 0 Å². The van der Waals surface area contributed by atoms with Crippen LogP contribution in [-0.4, -0.2) is 10.1 Å². The fourth-order valence-corrected chi connectivity index (χ4v) is 1.85. The minimum atomic E-state index is -0.309. The first kappa shape index (κ1) is 8.41. The molecule has 2 saturated carbocycles. The Balaban J connectivity index is 1.90. The number of aromatic nitrogens is 2. The maximum absolute atomic E-state index is 6.10. The molecule has 0 atom stereocenters. The standard InChI is InChI=1S/C10H15N3O/c1-9(5-6-9)7-12-8(14-13-7)10(11)3-2-4-10/h2-6,11H2,1H3. The SMILES string of the molecule is CC1(c2noc(C3(N)CCC3)n2)CC1. The van der Waals surface area contributed by atoms with Crippen LogP contribution in [0.15, 0.2) is 4.52 Å². The highest BCUT2D eigenvalue weighted by Gasteiger charge is 2.46. The molecule has 2 fully saturated rings. The monoisotopic (exact) mass is 193 g/mol. The van der Waals surface area contributed by atoms with Gasteiger partial charge in [0.1, 0.15) is 0 Å². The fourth-order valence-electron chi connectivity index (χ4n) is 1.85. The van der Waals surface area contributed by atoms with Crippen LogP contribution in [0.1, 0.15) is 50.7 Å². The Morgan fingerprint density at radius 3 is 2.50 bits per heavy atom. The van der Waals surface area contributed by atoms with E-state index < -0.39 is 0 Å². The normalized spacial score (nSPS) is 27.0. The first-order valence-corrected chi connectivity index (χ1v) is 5.26. The molecule has 4 heteroatoms. The van der Waals surface area contributed by atoms with Crippen molar-refractivity contribution in [3.63, 3.8) is 0 Å². The minimum absolute atomic E-state index is 0.182. The average Bonchev–Trinajstić information content (AvgIpc) is 2.68. The summed E-state index contributed by atoms with van der Waals surface area (Å²) in [6.45, 7) is 2.17. The lowest BCUT2D eigenvalue weighted by Gasteiger charge is -2.33. The Kier molecular flexibility index (Phi) is 1.42. The third-order valence-corrected chi connectivity index (χ3v) is 3.64.